The third-order valence-corrected chi connectivity index (χ3v) is 3.42. The second-order valence-corrected chi connectivity index (χ2v) is 6.17. The Morgan fingerprint density at radius 3 is 2.00 bits per heavy atom. The minimum Gasteiger partial charge on any atom is -0.350 e. The average molecular weight is 315 g/mol. The molecule has 0 amide bonds. The first-order valence-electron chi connectivity index (χ1n) is 6.99. The number of nitrogens with one attached hydrogen (secondary N) is 1. The highest BCUT2D eigenvalue weighted by atomic mass is 16.6. The fourth-order valence-corrected chi connectivity index (χ4v) is 2.10. The third-order valence-electron chi connectivity index (χ3n) is 3.42. The van der Waals surface area contributed by atoms with Crippen molar-refractivity contribution in [2.75, 3.05) is 5.32 Å². The van der Waals surface area contributed by atoms with Crippen molar-refractivity contribution >= 4 is 22.7 Å². The van der Waals surface area contributed by atoms with E-state index < -0.39 is 9.85 Å². The normalized spacial score (nSPS) is 11.1. The van der Waals surface area contributed by atoms with Crippen LogP contribution in [0.3, 0.4) is 0 Å². The minimum absolute atomic E-state index is 0.0118. The summed E-state index contributed by atoms with van der Waals surface area (Å²) in [5, 5.41) is 24.8. The number of rotatable bonds is 4. The Labute approximate surface area is 133 Å². The molecule has 0 bridgehead atoms. The van der Waals surface area contributed by atoms with Gasteiger partial charge in [0.15, 0.2) is 0 Å². The molecule has 0 spiro atoms. The van der Waals surface area contributed by atoms with E-state index in [0.717, 1.165) is 11.6 Å². The van der Waals surface area contributed by atoms with Gasteiger partial charge >= 0.3 is 0 Å². The maximum atomic E-state index is 11.1. The molecule has 7 heteroatoms. The molecule has 0 aliphatic heterocycles. The molecule has 0 unspecified atom stereocenters. The van der Waals surface area contributed by atoms with Crippen LogP contribution in [-0.4, -0.2) is 9.85 Å². The summed E-state index contributed by atoms with van der Waals surface area (Å²) in [5.74, 6) is 0. The molecule has 0 aliphatic carbocycles. The van der Waals surface area contributed by atoms with Gasteiger partial charge in [-0.1, -0.05) is 32.9 Å². The highest BCUT2D eigenvalue weighted by Crippen LogP contribution is 2.32. The van der Waals surface area contributed by atoms with Crippen LogP contribution in [0.4, 0.5) is 22.7 Å². The van der Waals surface area contributed by atoms with E-state index in [-0.39, 0.29) is 22.5 Å². The molecular weight excluding hydrogens is 298 g/mol. The quantitative estimate of drug-likeness (QED) is 0.659. The summed E-state index contributed by atoms with van der Waals surface area (Å²) in [6.07, 6.45) is 0. The van der Waals surface area contributed by atoms with Crippen LogP contribution in [0.2, 0.25) is 0 Å². The first-order valence-corrected chi connectivity index (χ1v) is 6.99. The molecule has 0 atom stereocenters. The summed E-state index contributed by atoms with van der Waals surface area (Å²) < 4.78 is 0. The summed E-state index contributed by atoms with van der Waals surface area (Å²) >= 11 is 0. The molecule has 2 rings (SSSR count). The van der Waals surface area contributed by atoms with Crippen LogP contribution in [0.1, 0.15) is 26.3 Å². The number of nitro benzene ring substituents is 2. The lowest BCUT2D eigenvalue weighted by Gasteiger charge is -2.19. The molecule has 0 aliphatic rings. The van der Waals surface area contributed by atoms with E-state index in [2.05, 4.69) is 26.1 Å². The monoisotopic (exact) mass is 315 g/mol. The van der Waals surface area contributed by atoms with Crippen LogP contribution in [0.5, 0.6) is 0 Å². The van der Waals surface area contributed by atoms with Gasteiger partial charge in [0.2, 0.25) is 0 Å². The lowest BCUT2D eigenvalue weighted by molar-refractivity contribution is -0.393. The van der Waals surface area contributed by atoms with Crippen LogP contribution in [0.15, 0.2) is 42.5 Å². The van der Waals surface area contributed by atoms with Crippen LogP contribution in [0.25, 0.3) is 0 Å². The van der Waals surface area contributed by atoms with E-state index in [9.17, 15) is 20.2 Å². The zero-order valence-corrected chi connectivity index (χ0v) is 13.1. The SMILES string of the molecule is CC(C)(C)c1ccc(Nc2ccc([N+](=O)[O-])cc2[N+](=O)[O-])cc1. The van der Waals surface area contributed by atoms with Gasteiger partial charge in [0.05, 0.1) is 15.9 Å². The topological polar surface area (TPSA) is 98.3 Å². The van der Waals surface area contributed by atoms with E-state index >= 15 is 0 Å². The Bertz CT molecular complexity index is 749. The summed E-state index contributed by atoms with van der Waals surface area (Å²) in [5.41, 5.74) is 1.39. The van der Waals surface area contributed by atoms with Gasteiger partial charge in [-0.15, -0.1) is 0 Å². The Balaban J connectivity index is 2.32. The zero-order chi connectivity index (χ0) is 17.2. The largest absolute Gasteiger partial charge is 0.350 e. The van der Waals surface area contributed by atoms with Gasteiger partial charge in [-0.05, 0) is 29.2 Å². The fourth-order valence-electron chi connectivity index (χ4n) is 2.10. The van der Waals surface area contributed by atoms with Crippen molar-refractivity contribution in [1.82, 2.24) is 0 Å². The number of hydrogen-bond acceptors (Lipinski definition) is 5. The van der Waals surface area contributed by atoms with E-state index in [4.69, 9.17) is 0 Å². The number of hydrogen-bond donors (Lipinski definition) is 1. The predicted molar refractivity (Wildman–Crippen MR) is 88.2 cm³/mol. The first-order chi connectivity index (χ1) is 10.7. The van der Waals surface area contributed by atoms with Crippen LogP contribution in [-0.2, 0) is 5.41 Å². The molecule has 23 heavy (non-hydrogen) atoms. The Kier molecular flexibility index (Phi) is 4.31. The van der Waals surface area contributed by atoms with Crippen LogP contribution >= 0.6 is 0 Å². The zero-order valence-electron chi connectivity index (χ0n) is 13.1. The lowest BCUT2D eigenvalue weighted by Crippen LogP contribution is -2.10. The van der Waals surface area contributed by atoms with Gasteiger partial charge in [-0.3, -0.25) is 20.2 Å². The summed E-state index contributed by atoms with van der Waals surface area (Å²) in [6.45, 7) is 6.28. The highest BCUT2D eigenvalue weighted by molar-refractivity contribution is 5.71. The fraction of sp³-hybridized carbons (Fsp3) is 0.250. The van der Waals surface area contributed by atoms with Gasteiger partial charge in [-0.2, -0.15) is 0 Å². The van der Waals surface area contributed by atoms with Crippen molar-refractivity contribution < 1.29 is 9.85 Å². The van der Waals surface area contributed by atoms with Crippen molar-refractivity contribution in [2.45, 2.75) is 26.2 Å². The van der Waals surface area contributed by atoms with Crippen LogP contribution in [0, 0.1) is 20.2 Å². The predicted octanol–water partition coefficient (Wildman–Crippen LogP) is 4.54. The van der Waals surface area contributed by atoms with Crippen molar-refractivity contribution in [1.29, 1.82) is 0 Å². The van der Waals surface area contributed by atoms with Gasteiger partial charge in [-0.25, -0.2) is 0 Å². The molecule has 0 aromatic heterocycles. The first kappa shape index (κ1) is 16.4. The van der Waals surface area contributed by atoms with E-state index in [1.54, 1.807) is 0 Å². The number of nitrogens with zero attached hydrogens (tertiary/aromatic N) is 2. The molecule has 0 fully saturated rings. The molecule has 2 aromatic rings. The molecule has 0 saturated carbocycles. The maximum Gasteiger partial charge on any atom is 0.299 e. The Morgan fingerprint density at radius 2 is 1.52 bits per heavy atom. The van der Waals surface area contributed by atoms with Gasteiger partial charge in [0.1, 0.15) is 5.69 Å². The summed E-state index contributed by atoms with van der Waals surface area (Å²) in [7, 11) is 0. The molecule has 1 N–H and O–H groups in total. The maximum absolute atomic E-state index is 11.1. The average Bonchev–Trinajstić information content (AvgIpc) is 2.46. The molecule has 0 saturated heterocycles. The molecule has 2 aromatic carbocycles. The van der Waals surface area contributed by atoms with Gasteiger partial charge in [0.25, 0.3) is 11.4 Å². The van der Waals surface area contributed by atoms with Crippen molar-refractivity contribution in [3.63, 3.8) is 0 Å². The molecular formula is C16H17N3O4. The van der Waals surface area contributed by atoms with Crippen molar-refractivity contribution in [3.05, 3.63) is 68.3 Å². The second kappa shape index (κ2) is 6.04. The van der Waals surface area contributed by atoms with Crippen molar-refractivity contribution in [3.8, 4) is 0 Å². The third kappa shape index (κ3) is 3.82. The molecule has 0 radical (unpaired) electrons. The van der Waals surface area contributed by atoms with E-state index in [1.807, 2.05) is 24.3 Å². The second-order valence-electron chi connectivity index (χ2n) is 6.17. The molecule has 7 nitrogen and oxygen atoms in total. The minimum atomic E-state index is -0.658. The summed E-state index contributed by atoms with van der Waals surface area (Å²) in [4.78, 5) is 20.6. The number of benzene rings is 2. The standard InChI is InChI=1S/C16H17N3O4/c1-16(2,3)11-4-6-12(7-5-11)17-14-9-8-13(18(20)21)10-15(14)19(22)23/h4-10,17H,1-3H3. The summed E-state index contributed by atoms with van der Waals surface area (Å²) in [6, 6.07) is 11.1. The van der Waals surface area contributed by atoms with Gasteiger partial charge in [0, 0.05) is 11.8 Å². The van der Waals surface area contributed by atoms with Gasteiger partial charge < -0.3 is 5.32 Å². The van der Waals surface area contributed by atoms with Crippen LogP contribution < -0.4 is 5.32 Å². The smallest absolute Gasteiger partial charge is 0.299 e. The Hall–Kier alpha value is -2.96. The number of nitro groups is 2. The highest BCUT2D eigenvalue weighted by Gasteiger charge is 2.20. The number of anilines is 2. The Morgan fingerprint density at radius 1 is 0.913 bits per heavy atom. The molecule has 120 valence electrons. The number of non-ortho nitro benzene ring substituents is 1. The van der Waals surface area contributed by atoms with E-state index in [1.165, 1.54) is 12.1 Å². The van der Waals surface area contributed by atoms with E-state index in [0.29, 0.717) is 5.69 Å². The molecule has 0 heterocycles. The lowest BCUT2D eigenvalue weighted by atomic mass is 9.87. The van der Waals surface area contributed by atoms with Crippen molar-refractivity contribution in [2.24, 2.45) is 0 Å².